The Hall–Kier alpha value is -0.930. The summed E-state index contributed by atoms with van der Waals surface area (Å²) in [6.45, 7) is 0.412. The lowest BCUT2D eigenvalue weighted by molar-refractivity contribution is 0.236. The number of carbonyl (C=O) groups excluding carboxylic acids is 1. The molecule has 2 amide bonds. The Morgan fingerprint density at radius 3 is 2.46 bits per heavy atom. The van der Waals surface area contributed by atoms with Crippen molar-refractivity contribution in [2.45, 2.75) is 6.54 Å². The third-order valence-corrected chi connectivity index (χ3v) is 1.75. The number of nitrogens with one attached hydrogen (secondary N) is 1. The molecule has 0 aromatic heterocycles. The van der Waals surface area contributed by atoms with Crippen molar-refractivity contribution in [3.63, 3.8) is 0 Å². The van der Waals surface area contributed by atoms with E-state index in [1.807, 2.05) is 30.3 Å². The zero-order chi connectivity index (χ0) is 9.68. The Labute approximate surface area is 86.5 Å². The molecule has 1 N–H and O–H groups in total. The van der Waals surface area contributed by atoms with Crippen LogP contribution in [-0.4, -0.2) is 9.97 Å². The summed E-state index contributed by atoms with van der Waals surface area (Å²) in [7, 11) is 0. The highest BCUT2D eigenvalue weighted by molar-refractivity contribution is 6.41. The van der Waals surface area contributed by atoms with Crippen LogP contribution in [0.25, 0.3) is 0 Å². The summed E-state index contributed by atoms with van der Waals surface area (Å²) in [4.78, 5) is 10.9. The second-order valence-electron chi connectivity index (χ2n) is 2.38. The molecule has 0 heterocycles. The second-order valence-corrected chi connectivity index (χ2v) is 3.23. The zero-order valence-corrected chi connectivity index (χ0v) is 8.22. The molecule has 0 saturated carbocycles. The van der Waals surface area contributed by atoms with E-state index in [4.69, 9.17) is 23.6 Å². The topological polar surface area (TPSA) is 32.3 Å². The van der Waals surface area contributed by atoms with Crippen molar-refractivity contribution in [2.24, 2.45) is 0 Å². The van der Waals surface area contributed by atoms with Gasteiger partial charge in [-0.3, -0.25) is 0 Å². The molecule has 0 radical (unpaired) electrons. The molecule has 0 spiro atoms. The maximum Gasteiger partial charge on any atom is 0.347 e. The van der Waals surface area contributed by atoms with Crippen LogP contribution in [0.5, 0.6) is 0 Å². The van der Waals surface area contributed by atoms with Gasteiger partial charge in [-0.2, -0.15) is 0 Å². The minimum absolute atomic E-state index is 0.412. The van der Waals surface area contributed by atoms with Crippen LogP contribution in [0.3, 0.4) is 0 Å². The molecule has 0 saturated heterocycles. The van der Waals surface area contributed by atoms with Gasteiger partial charge in [0, 0.05) is 30.1 Å². The Morgan fingerprint density at radius 2 is 1.92 bits per heavy atom. The maximum absolute atomic E-state index is 10.9. The molecule has 0 unspecified atom stereocenters. The second kappa shape index (κ2) is 4.94. The molecule has 13 heavy (non-hydrogen) atoms. The number of nitrogens with zero attached hydrogens (tertiary/aromatic N) is 1. The third-order valence-electron chi connectivity index (χ3n) is 1.44. The Balaban J connectivity index is 2.40. The molecule has 1 aromatic carbocycles. The molecule has 0 aliphatic carbocycles. The molecule has 0 fully saturated rings. The summed E-state index contributed by atoms with van der Waals surface area (Å²) >= 11 is 10.4. The molecular weight excluding hydrogens is 211 g/mol. The largest absolute Gasteiger partial charge is 0.347 e. The van der Waals surface area contributed by atoms with E-state index in [2.05, 4.69) is 5.32 Å². The van der Waals surface area contributed by atoms with Crippen molar-refractivity contribution in [2.75, 3.05) is 0 Å². The minimum Gasteiger partial charge on any atom is -0.332 e. The normalized spacial score (nSPS) is 9.38. The lowest BCUT2D eigenvalue weighted by Crippen LogP contribution is -2.28. The Kier molecular flexibility index (Phi) is 3.86. The predicted octanol–water partition coefficient (Wildman–Crippen LogP) is 2.51. The first kappa shape index (κ1) is 10.2. The van der Waals surface area contributed by atoms with Gasteiger partial charge >= 0.3 is 6.03 Å². The first-order valence-electron chi connectivity index (χ1n) is 3.63. The van der Waals surface area contributed by atoms with Crippen molar-refractivity contribution in [3.05, 3.63) is 35.9 Å². The number of hydrogen-bond acceptors (Lipinski definition) is 1. The first-order chi connectivity index (χ1) is 6.20. The van der Waals surface area contributed by atoms with Crippen molar-refractivity contribution < 1.29 is 4.79 Å². The Bertz CT molecular complexity index is 277. The predicted molar refractivity (Wildman–Crippen MR) is 52.2 cm³/mol. The van der Waals surface area contributed by atoms with Crippen LogP contribution in [0.2, 0.25) is 0 Å². The van der Waals surface area contributed by atoms with Crippen LogP contribution in [0, 0.1) is 0 Å². The van der Waals surface area contributed by atoms with E-state index in [0.717, 1.165) is 5.56 Å². The molecule has 5 heteroatoms. The number of halogens is 2. The van der Waals surface area contributed by atoms with Crippen LogP contribution in [0.1, 0.15) is 5.56 Å². The van der Waals surface area contributed by atoms with E-state index < -0.39 is 6.03 Å². The van der Waals surface area contributed by atoms with E-state index in [-0.39, 0.29) is 0 Å². The summed E-state index contributed by atoms with van der Waals surface area (Å²) in [5, 5.41) is 2.52. The van der Waals surface area contributed by atoms with Gasteiger partial charge in [0.25, 0.3) is 0 Å². The standard InChI is InChI=1S/C8H8Cl2N2O/c9-12(10)8(13)11-6-7-4-2-1-3-5-7/h1-5H,6H2,(H,11,13). The van der Waals surface area contributed by atoms with Gasteiger partial charge in [0.2, 0.25) is 0 Å². The summed E-state index contributed by atoms with van der Waals surface area (Å²) < 4.78 is 0.461. The monoisotopic (exact) mass is 218 g/mol. The van der Waals surface area contributed by atoms with E-state index in [1.54, 1.807) is 0 Å². The molecule has 3 nitrogen and oxygen atoms in total. The fourth-order valence-electron chi connectivity index (χ4n) is 0.833. The molecule has 0 bridgehead atoms. The summed E-state index contributed by atoms with van der Waals surface area (Å²) in [5.74, 6) is 0. The zero-order valence-electron chi connectivity index (χ0n) is 6.71. The lowest BCUT2D eigenvalue weighted by Gasteiger charge is -2.06. The van der Waals surface area contributed by atoms with Gasteiger partial charge in [-0.25, -0.2) is 4.79 Å². The highest BCUT2D eigenvalue weighted by Crippen LogP contribution is 2.01. The van der Waals surface area contributed by atoms with Crippen LogP contribution < -0.4 is 5.32 Å². The minimum atomic E-state index is -0.535. The highest BCUT2D eigenvalue weighted by atomic mass is 35.5. The van der Waals surface area contributed by atoms with E-state index in [9.17, 15) is 4.79 Å². The van der Waals surface area contributed by atoms with Crippen LogP contribution in [-0.2, 0) is 6.54 Å². The summed E-state index contributed by atoms with van der Waals surface area (Å²) in [6, 6.07) is 8.94. The van der Waals surface area contributed by atoms with Gasteiger partial charge in [0.1, 0.15) is 0 Å². The quantitative estimate of drug-likeness (QED) is 0.761. The van der Waals surface area contributed by atoms with E-state index in [0.29, 0.717) is 10.5 Å². The highest BCUT2D eigenvalue weighted by Gasteiger charge is 2.05. The van der Waals surface area contributed by atoms with Crippen molar-refractivity contribution in [1.82, 2.24) is 9.25 Å². The number of hydrogen-bond donors (Lipinski definition) is 1. The molecule has 0 aliphatic heterocycles. The van der Waals surface area contributed by atoms with Gasteiger partial charge in [-0.15, -0.1) is 3.94 Å². The molecular formula is C8H8Cl2N2O. The number of carbonyl (C=O) groups is 1. The smallest absolute Gasteiger partial charge is 0.332 e. The lowest BCUT2D eigenvalue weighted by atomic mass is 10.2. The van der Waals surface area contributed by atoms with E-state index in [1.165, 1.54) is 0 Å². The summed E-state index contributed by atoms with van der Waals surface area (Å²) in [5.41, 5.74) is 0.992. The van der Waals surface area contributed by atoms with Crippen LogP contribution >= 0.6 is 23.6 Å². The van der Waals surface area contributed by atoms with Crippen LogP contribution in [0.4, 0.5) is 4.79 Å². The van der Waals surface area contributed by atoms with Gasteiger partial charge in [-0.05, 0) is 5.56 Å². The fourth-order valence-corrected chi connectivity index (χ4v) is 0.953. The van der Waals surface area contributed by atoms with Gasteiger partial charge in [-0.1, -0.05) is 30.3 Å². The van der Waals surface area contributed by atoms with Gasteiger partial charge in [0.05, 0.1) is 0 Å². The van der Waals surface area contributed by atoms with Crippen molar-refractivity contribution in [3.8, 4) is 0 Å². The molecule has 70 valence electrons. The summed E-state index contributed by atoms with van der Waals surface area (Å²) in [6.07, 6.45) is 0. The van der Waals surface area contributed by atoms with Crippen molar-refractivity contribution >= 4 is 29.6 Å². The van der Waals surface area contributed by atoms with E-state index >= 15 is 0 Å². The third kappa shape index (κ3) is 3.53. The average molecular weight is 219 g/mol. The molecule has 1 rings (SSSR count). The number of benzene rings is 1. The molecule has 0 aliphatic rings. The first-order valence-corrected chi connectivity index (χ1v) is 4.31. The SMILES string of the molecule is O=C(NCc1ccccc1)N(Cl)Cl. The van der Waals surface area contributed by atoms with Crippen LogP contribution in [0.15, 0.2) is 30.3 Å². The number of amides is 2. The van der Waals surface area contributed by atoms with Crippen molar-refractivity contribution in [1.29, 1.82) is 0 Å². The Morgan fingerprint density at radius 1 is 1.31 bits per heavy atom. The maximum atomic E-state index is 10.9. The number of rotatable bonds is 2. The number of urea groups is 1. The van der Waals surface area contributed by atoms with Gasteiger partial charge in [0.15, 0.2) is 0 Å². The van der Waals surface area contributed by atoms with Gasteiger partial charge < -0.3 is 5.32 Å². The molecule has 0 atom stereocenters. The average Bonchev–Trinajstić information content (AvgIpc) is 2.15. The fraction of sp³-hybridized carbons (Fsp3) is 0.125. The molecule has 1 aromatic rings.